The van der Waals surface area contributed by atoms with E-state index in [1.165, 1.54) is 12.1 Å². The van der Waals surface area contributed by atoms with Gasteiger partial charge in [-0.25, -0.2) is 9.18 Å². The fourth-order valence-electron chi connectivity index (χ4n) is 6.64. The Labute approximate surface area is 211 Å². The van der Waals surface area contributed by atoms with Gasteiger partial charge in [-0.05, 0) is 87.1 Å². The zero-order chi connectivity index (χ0) is 25.2. The number of cyclic esters (lactones) is 1. The van der Waals surface area contributed by atoms with E-state index in [0.717, 1.165) is 42.5 Å². The lowest BCUT2D eigenvalue weighted by Gasteiger charge is -2.47. The SMILES string of the molecule is CCOC(=O)N[C@H]1CC[C@@H]2[C@H](C1)C[C@H]1C(=O)O[C@@H](C)[C@@H]1[C@H]2C=Cc1ccc(-c2cccc(F)c2)cn1. The second-order valence-electron chi connectivity index (χ2n) is 10.3. The molecule has 1 aromatic carbocycles. The van der Waals surface area contributed by atoms with Crippen molar-refractivity contribution in [1.29, 1.82) is 0 Å². The van der Waals surface area contributed by atoms with E-state index < -0.39 is 0 Å². The average molecular weight is 493 g/mol. The third-order valence-corrected chi connectivity index (χ3v) is 8.18. The number of carbonyl (C=O) groups is 2. The monoisotopic (exact) mass is 492 g/mol. The van der Waals surface area contributed by atoms with Crippen molar-refractivity contribution < 1.29 is 23.5 Å². The Morgan fingerprint density at radius 1 is 1.22 bits per heavy atom. The summed E-state index contributed by atoms with van der Waals surface area (Å²) in [6.07, 6.45) is 9.07. The number of pyridine rings is 1. The van der Waals surface area contributed by atoms with E-state index in [2.05, 4.69) is 16.4 Å². The molecule has 2 heterocycles. The highest BCUT2D eigenvalue weighted by Gasteiger charge is 2.54. The van der Waals surface area contributed by atoms with Crippen LogP contribution in [0.3, 0.4) is 0 Å². The number of fused-ring (bicyclic) bond motifs is 2. The minimum Gasteiger partial charge on any atom is -0.462 e. The Balaban J connectivity index is 1.34. The largest absolute Gasteiger partial charge is 0.462 e. The van der Waals surface area contributed by atoms with E-state index in [-0.39, 0.29) is 47.8 Å². The van der Waals surface area contributed by atoms with Gasteiger partial charge in [-0.15, -0.1) is 0 Å². The maximum absolute atomic E-state index is 13.6. The highest BCUT2D eigenvalue weighted by Crippen LogP contribution is 2.53. The van der Waals surface area contributed by atoms with Crippen LogP contribution in [0.4, 0.5) is 9.18 Å². The molecular weight excluding hydrogens is 459 g/mol. The molecule has 1 saturated heterocycles. The van der Waals surface area contributed by atoms with Gasteiger partial charge in [0.15, 0.2) is 0 Å². The van der Waals surface area contributed by atoms with Crippen molar-refractivity contribution in [3.05, 3.63) is 60.2 Å². The molecule has 36 heavy (non-hydrogen) atoms. The van der Waals surface area contributed by atoms with Gasteiger partial charge < -0.3 is 14.8 Å². The molecule has 2 aromatic rings. The molecule has 5 rings (SSSR count). The van der Waals surface area contributed by atoms with Crippen LogP contribution >= 0.6 is 0 Å². The van der Waals surface area contributed by atoms with Gasteiger partial charge in [-0.3, -0.25) is 9.78 Å². The standard InChI is InChI=1S/C29H33FN2O4/c1-3-35-29(34)32-23-10-11-24-20(14-23)15-26-27(17(2)36-28(26)33)25(24)12-9-22-8-7-19(16-31-22)18-5-4-6-21(30)13-18/h4-9,12-13,16-17,20,23-27H,3,10-11,14-15H2,1-2H3,(H,32,34)/t17-,20+,23-,24+,25-,26+,27+/m0/s1. The number of rotatable bonds is 5. The molecule has 1 aliphatic heterocycles. The van der Waals surface area contributed by atoms with Gasteiger partial charge in [0.1, 0.15) is 11.9 Å². The summed E-state index contributed by atoms with van der Waals surface area (Å²) in [5.74, 6) is 0.629. The minimum atomic E-state index is -0.368. The van der Waals surface area contributed by atoms with Gasteiger partial charge in [-0.1, -0.05) is 24.3 Å². The van der Waals surface area contributed by atoms with Crippen LogP contribution in [-0.2, 0) is 14.3 Å². The van der Waals surface area contributed by atoms with Crippen molar-refractivity contribution >= 4 is 18.1 Å². The van der Waals surface area contributed by atoms with Crippen LogP contribution in [0.25, 0.3) is 17.2 Å². The number of allylic oxidation sites excluding steroid dienone is 1. The number of ether oxygens (including phenoxy) is 2. The van der Waals surface area contributed by atoms with Crippen molar-refractivity contribution in [3.63, 3.8) is 0 Å². The highest BCUT2D eigenvalue weighted by molar-refractivity contribution is 5.75. The van der Waals surface area contributed by atoms with Crippen LogP contribution in [0.15, 0.2) is 48.7 Å². The number of hydrogen-bond donors (Lipinski definition) is 1. The van der Waals surface area contributed by atoms with Gasteiger partial charge >= 0.3 is 12.1 Å². The van der Waals surface area contributed by atoms with Gasteiger partial charge in [0, 0.05) is 23.7 Å². The van der Waals surface area contributed by atoms with E-state index in [4.69, 9.17) is 9.47 Å². The lowest BCUT2D eigenvalue weighted by Crippen LogP contribution is -2.48. The second-order valence-corrected chi connectivity index (χ2v) is 10.3. The molecule has 2 saturated carbocycles. The molecular formula is C29H33FN2O4. The Hall–Kier alpha value is -3.22. The molecule has 0 bridgehead atoms. The fraction of sp³-hybridized carbons (Fsp3) is 0.483. The van der Waals surface area contributed by atoms with Crippen LogP contribution in [-0.4, -0.2) is 35.8 Å². The zero-order valence-corrected chi connectivity index (χ0v) is 20.7. The lowest BCUT2D eigenvalue weighted by molar-refractivity contribution is -0.144. The first kappa shape index (κ1) is 24.5. The summed E-state index contributed by atoms with van der Waals surface area (Å²) in [4.78, 5) is 29.2. The summed E-state index contributed by atoms with van der Waals surface area (Å²) in [5.41, 5.74) is 2.48. The van der Waals surface area contributed by atoms with Gasteiger partial charge in [-0.2, -0.15) is 0 Å². The van der Waals surface area contributed by atoms with E-state index in [9.17, 15) is 14.0 Å². The third-order valence-electron chi connectivity index (χ3n) is 8.18. The quantitative estimate of drug-likeness (QED) is 0.548. The molecule has 7 atom stereocenters. The van der Waals surface area contributed by atoms with Crippen LogP contribution < -0.4 is 5.32 Å². The fourth-order valence-corrected chi connectivity index (χ4v) is 6.64. The highest BCUT2D eigenvalue weighted by atomic mass is 19.1. The van der Waals surface area contributed by atoms with E-state index in [1.54, 1.807) is 19.2 Å². The van der Waals surface area contributed by atoms with Crippen molar-refractivity contribution in [2.24, 2.45) is 29.6 Å². The number of benzene rings is 1. The Morgan fingerprint density at radius 2 is 2.08 bits per heavy atom. The predicted octanol–water partition coefficient (Wildman–Crippen LogP) is 5.63. The van der Waals surface area contributed by atoms with Gasteiger partial charge in [0.05, 0.1) is 18.2 Å². The number of halogens is 1. The third kappa shape index (κ3) is 5.01. The van der Waals surface area contributed by atoms with E-state index in [1.807, 2.05) is 31.2 Å². The molecule has 0 unspecified atom stereocenters. The zero-order valence-electron chi connectivity index (χ0n) is 20.7. The van der Waals surface area contributed by atoms with Crippen LogP contribution in [0.2, 0.25) is 0 Å². The maximum atomic E-state index is 13.6. The molecule has 0 spiro atoms. The second kappa shape index (κ2) is 10.4. The summed E-state index contributed by atoms with van der Waals surface area (Å²) in [6, 6.07) is 10.4. The topological polar surface area (TPSA) is 77.5 Å². The molecule has 1 amide bonds. The smallest absolute Gasteiger partial charge is 0.407 e. The first-order valence-electron chi connectivity index (χ1n) is 13.0. The minimum absolute atomic E-state index is 0.0679. The first-order valence-corrected chi connectivity index (χ1v) is 13.0. The normalized spacial score (nSPS) is 31.4. The van der Waals surface area contributed by atoms with Crippen molar-refractivity contribution in [2.45, 2.75) is 51.7 Å². The number of alkyl carbamates (subject to hydrolysis) is 1. The molecule has 1 N–H and O–H groups in total. The molecule has 6 nitrogen and oxygen atoms in total. The average Bonchev–Trinajstić information content (AvgIpc) is 3.15. The molecule has 190 valence electrons. The molecule has 3 fully saturated rings. The van der Waals surface area contributed by atoms with E-state index in [0.29, 0.717) is 18.4 Å². The van der Waals surface area contributed by atoms with Crippen LogP contribution in [0.1, 0.15) is 45.2 Å². The molecule has 3 aliphatic rings. The Morgan fingerprint density at radius 3 is 2.83 bits per heavy atom. The number of nitrogens with zero attached hydrogens (tertiary/aromatic N) is 1. The van der Waals surface area contributed by atoms with Crippen LogP contribution in [0, 0.1) is 35.4 Å². The first-order chi connectivity index (χ1) is 17.4. The molecule has 2 aliphatic carbocycles. The number of hydrogen-bond acceptors (Lipinski definition) is 5. The Bertz CT molecular complexity index is 1130. The number of esters is 1. The molecule has 0 radical (unpaired) electrons. The van der Waals surface area contributed by atoms with Crippen LogP contribution in [0.5, 0.6) is 0 Å². The van der Waals surface area contributed by atoms with Crippen molar-refractivity contribution in [2.75, 3.05) is 6.61 Å². The van der Waals surface area contributed by atoms with Crippen molar-refractivity contribution in [1.82, 2.24) is 10.3 Å². The summed E-state index contributed by atoms with van der Waals surface area (Å²) < 4.78 is 24.3. The predicted molar refractivity (Wildman–Crippen MR) is 134 cm³/mol. The van der Waals surface area contributed by atoms with Gasteiger partial charge in [0.25, 0.3) is 0 Å². The number of carbonyl (C=O) groups excluding carboxylic acids is 2. The summed E-state index contributed by atoms with van der Waals surface area (Å²) in [6.45, 7) is 4.15. The number of nitrogens with one attached hydrogen (secondary N) is 1. The number of aromatic nitrogens is 1. The van der Waals surface area contributed by atoms with Gasteiger partial charge in [0.2, 0.25) is 0 Å². The molecule has 7 heteroatoms. The Kier molecular flexibility index (Phi) is 7.08. The summed E-state index contributed by atoms with van der Waals surface area (Å²) in [7, 11) is 0. The lowest BCUT2D eigenvalue weighted by atomic mass is 9.57. The van der Waals surface area contributed by atoms with Crippen molar-refractivity contribution in [3.8, 4) is 11.1 Å². The summed E-state index contributed by atoms with van der Waals surface area (Å²) in [5, 5.41) is 3.00. The summed E-state index contributed by atoms with van der Waals surface area (Å²) >= 11 is 0. The number of amides is 1. The maximum Gasteiger partial charge on any atom is 0.407 e. The molecule has 1 aromatic heterocycles. The van der Waals surface area contributed by atoms with E-state index >= 15 is 0 Å².